The molecular weight excluding hydrogens is 311 g/mol. The molecule has 0 aliphatic carbocycles. The number of nitrogens with one attached hydrogen (secondary N) is 1. The summed E-state index contributed by atoms with van der Waals surface area (Å²) in [5, 5.41) is 6.57. The van der Waals surface area contributed by atoms with Crippen LogP contribution in [0.5, 0.6) is 0 Å². The van der Waals surface area contributed by atoms with E-state index in [1.807, 2.05) is 0 Å². The molecule has 126 valence electrons. The number of halogens is 3. The van der Waals surface area contributed by atoms with E-state index in [9.17, 15) is 18.0 Å². The molecule has 0 unspecified atom stereocenters. The van der Waals surface area contributed by atoms with E-state index in [0.29, 0.717) is 5.69 Å². The van der Waals surface area contributed by atoms with Gasteiger partial charge in [-0.2, -0.15) is 18.3 Å². The van der Waals surface area contributed by atoms with Gasteiger partial charge in [0.05, 0.1) is 12.0 Å². The van der Waals surface area contributed by atoms with Crippen LogP contribution < -0.4 is 5.32 Å². The first kappa shape index (κ1) is 17.0. The van der Waals surface area contributed by atoms with E-state index in [4.69, 9.17) is 0 Å². The molecule has 1 amide bonds. The van der Waals surface area contributed by atoms with Gasteiger partial charge in [0, 0.05) is 25.5 Å². The summed E-state index contributed by atoms with van der Waals surface area (Å²) < 4.78 is 41.3. The molecule has 2 aromatic heterocycles. The highest BCUT2D eigenvalue weighted by Gasteiger charge is 2.35. The van der Waals surface area contributed by atoms with Crippen LogP contribution in [0, 0.1) is 12.8 Å². The molecule has 0 aliphatic rings. The lowest BCUT2D eigenvalue weighted by atomic mass is 10.2. The van der Waals surface area contributed by atoms with Gasteiger partial charge in [-0.25, -0.2) is 4.98 Å². The number of alkyl halides is 3. The number of amides is 1. The van der Waals surface area contributed by atoms with Crippen LogP contribution in [-0.4, -0.2) is 31.8 Å². The Morgan fingerprint density at radius 1 is 1.43 bits per heavy atom. The molecule has 1 atom stereocenters. The van der Waals surface area contributed by atoms with Crippen molar-refractivity contribution in [3.05, 3.63) is 36.2 Å². The maximum Gasteiger partial charge on any atom is 0.433 e. The van der Waals surface area contributed by atoms with Gasteiger partial charge in [0.25, 0.3) is 0 Å². The fourth-order valence-corrected chi connectivity index (χ4v) is 2.16. The van der Waals surface area contributed by atoms with Crippen molar-refractivity contribution in [1.29, 1.82) is 0 Å². The lowest BCUT2D eigenvalue weighted by Crippen LogP contribution is -2.33. The quantitative estimate of drug-likeness (QED) is 0.880. The van der Waals surface area contributed by atoms with E-state index >= 15 is 0 Å². The largest absolute Gasteiger partial charge is 0.433 e. The maximum atomic E-state index is 12.9. The highest BCUT2D eigenvalue weighted by molar-refractivity contribution is 5.75. The molecule has 0 fully saturated rings. The van der Waals surface area contributed by atoms with E-state index in [-0.39, 0.29) is 31.5 Å². The second-order valence-corrected chi connectivity index (χ2v) is 5.50. The van der Waals surface area contributed by atoms with Crippen LogP contribution in [0.4, 0.5) is 13.2 Å². The van der Waals surface area contributed by atoms with Gasteiger partial charge < -0.3 is 9.88 Å². The third kappa shape index (κ3) is 4.83. The van der Waals surface area contributed by atoms with Crippen LogP contribution in [-0.2, 0) is 24.1 Å². The van der Waals surface area contributed by atoms with E-state index in [1.165, 1.54) is 13.3 Å². The number of hydrogen-bond donors (Lipinski definition) is 1. The summed E-state index contributed by atoms with van der Waals surface area (Å²) in [6.45, 7) is 3.75. The molecule has 2 aromatic rings. The van der Waals surface area contributed by atoms with Crippen molar-refractivity contribution in [1.82, 2.24) is 24.6 Å². The Kier molecular flexibility index (Phi) is 5.07. The molecule has 23 heavy (non-hydrogen) atoms. The molecule has 0 saturated heterocycles. The van der Waals surface area contributed by atoms with Crippen LogP contribution in [0.1, 0.15) is 18.3 Å². The molecular formula is C14H18F3N5O. The Morgan fingerprint density at radius 2 is 2.17 bits per heavy atom. The molecule has 2 rings (SSSR count). The molecule has 9 heteroatoms. The average molecular weight is 329 g/mol. The normalized spacial score (nSPS) is 13.1. The van der Waals surface area contributed by atoms with Gasteiger partial charge in [0.2, 0.25) is 5.91 Å². The molecule has 0 bridgehead atoms. The highest BCUT2D eigenvalue weighted by atomic mass is 19.4. The van der Waals surface area contributed by atoms with Crippen LogP contribution in [0.25, 0.3) is 0 Å². The third-order valence-corrected chi connectivity index (χ3v) is 3.21. The minimum atomic E-state index is -4.44. The van der Waals surface area contributed by atoms with E-state index in [1.54, 1.807) is 23.9 Å². The Labute approximate surface area is 131 Å². The second kappa shape index (κ2) is 6.84. The van der Waals surface area contributed by atoms with E-state index in [2.05, 4.69) is 15.4 Å². The Bertz CT molecular complexity index is 648. The zero-order valence-corrected chi connectivity index (χ0v) is 12.8. The summed E-state index contributed by atoms with van der Waals surface area (Å²) in [6.07, 6.45) is 0.302. The number of nitrogens with zero attached hydrogens (tertiary/aromatic N) is 4. The monoisotopic (exact) mass is 329 g/mol. The van der Waals surface area contributed by atoms with Gasteiger partial charge in [0.1, 0.15) is 12.2 Å². The fourth-order valence-electron chi connectivity index (χ4n) is 2.16. The maximum absolute atomic E-state index is 12.9. The number of imidazole rings is 1. The Hall–Kier alpha value is -2.32. The first-order chi connectivity index (χ1) is 10.8. The topological polar surface area (TPSA) is 64.7 Å². The summed E-state index contributed by atoms with van der Waals surface area (Å²) in [5.74, 6) is -0.412. The lowest BCUT2D eigenvalue weighted by molar-refractivity contribution is -0.144. The van der Waals surface area contributed by atoms with Crippen molar-refractivity contribution in [2.75, 3.05) is 6.54 Å². The zero-order valence-electron chi connectivity index (χ0n) is 12.8. The summed E-state index contributed by atoms with van der Waals surface area (Å²) in [4.78, 5) is 15.6. The smallest absolute Gasteiger partial charge is 0.354 e. The highest BCUT2D eigenvalue weighted by Crippen LogP contribution is 2.30. The zero-order chi connectivity index (χ0) is 17.0. The predicted octanol–water partition coefficient (Wildman–Crippen LogP) is 1.86. The molecule has 6 nitrogen and oxygen atoms in total. The summed E-state index contributed by atoms with van der Waals surface area (Å²) in [6, 6.07) is 1.02. The van der Waals surface area contributed by atoms with E-state index in [0.717, 1.165) is 10.7 Å². The lowest BCUT2D eigenvalue weighted by Gasteiger charge is -2.16. The summed E-state index contributed by atoms with van der Waals surface area (Å²) >= 11 is 0. The molecule has 2 heterocycles. The van der Waals surface area contributed by atoms with Gasteiger partial charge in [-0.3, -0.25) is 9.48 Å². The average Bonchev–Trinajstić information content (AvgIpc) is 3.05. The Morgan fingerprint density at radius 3 is 2.78 bits per heavy atom. The number of aryl methyl sites for hydroxylation is 1. The van der Waals surface area contributed by atoms with Crippen molar-refractivity contribution < 1.29 is 18.0 Å². The Balaban J connectivity index is 1.87. The molecule has 0 saturated carbocycles. The summed E-state index contributed by atoms with van der Waals surface area (Å²) in [7, 11) is 0. The number of rotatable bonds is 6. The van der Waals surface area contributed by atoms with E-state index < -0.39 is 11.9 Å². The van der Waals surface area contributed by atoms with Gasteiger partial charge in [-0.15, -0.1) is 0 Å². The molecule has 0 radical (unpaired) electrons. The number of carbonyl (C=O) groups is 1. The van der Waals surface area contributed by atoms with Crippen molar-refractivity contribution in [3.8, 4) is 0 Å². The van der Waals surface area contributed by atoms with Crippen molar-refractivity contribution in [2.24, 2.45) is 5.92 Å². The van der Waals surface area contributed by atoms with Crippen molar-refractivity contribution in [3.63, 3.8) is 0 Å². The number of aromatic nitrogens is 4. The van der Waals surface area contributed by atoms with Crippen LogP contribution in [0.2, 0.25) is 0 Å². The molecule has 0 aliphatic heterocycles. The molecule has 1 N–H and O–H groups in total. The predicted molar refractivity (Wildman–Crippen MR) is 76.4 cm³/mol. The summed E-state index contributed by atoms with van der Waals surface area (Å²) in [5.41, 5.74) is -0.458. The van der Waals surface area contributed by atoms with Gasteiger partial charge in [0.15, 0.2) is 0 Å². The molecule has 0 spiro atoms. The minimum Gasteiger partial charge on any atom is -0.354 e. The van der Waals surface area contributed by atoms with Crippen LogP contribution >= 0.6 is 0 Å². The van der Waals surface area contributed by atoms with Crippen LogP contribution in [0.3, 0.4) is 0 Å². The van der Waals surface area contributed by atoms with Gasteiger partial charge in [-0.05, 0) is 18.9 Å². The van der Waals surface area contributed by atoms with Gasteiger partial charge in [-0.1, -0.05) is 6.92 Å². The first-order valence-corrected chi connectivity index (χ1v) is 7.10. The molecule has 0 aromatic carbocycles. The third-order valence-electron chi connectivity index (χ3n) is 3.21. The fraction of sp³-hybridized carbons (Fsp3) is 0.500. The van der Waals surface area contributed by atoms with Crippen LogP contribution in [0.15, 0.2) is 24.8 Å². The second-order valence-electron chi connectivity index (χ2n) is 5.50. The van der Waals surface area contributed by atoms with Crippen molar-refractivity contribution in [2.45, 2.75) is 33.1 Å². The minimum absolute atomic E-state index is 0.0774. The number of carbonyl (C=O) groups excluding carboxylic acids is 1. The SMILES string of the molecule is Cc1cc(C(F)(F)F)n(C[C@H](C)CNC(=O)Cn2ccnc2)n1. The first-order valence-electron chi connectivity index (χ1n) is 7.10. The number of hydrogen-bond acceptors (Lipinski definition) is 3. The van der Waals surface area contributed by atoms with Gasteiger partial charge >= 0.3 is 6.18 Å². The van der Waals surface area contributed by atoms with Crippen molar-refractivity contribution >= 4 is 5.91 Å². The standard InChI is InChI=1S/C14H18F3N5O/c1-10(6-19-13(23)8-21-4-3-18-9-21)7-22-12(14(15,16)17)5-11(2)20-22/h3-5,9-10H,6-8H2,1-2H3,(H,19,23)/t10-/m1/s1.